The molecule has 11 aromatic rings. The smallest absolute Gasteiger partial charge is 0.180 e. The minimum absolute atomic E-state index is 0.227. The summed E-state index contributed by atoms with van der Waals surface area (Å²) in [5.74, 6) is 0.625. The number of hydrogen-bond donors (Lipinski definition) is 0. The van der Waals surface area contributed by atoms with Gasteiger partial charge < -0.3 is 8.83 Å². The Balaban J connectivity index is 1.10. The first-order valence-corrected chi connectivity index (χ1v) is 19.5. The molecular formula is C53H34N2O2. The molecule has 1 aliphatic carbocycles. The first-order valence-electron chi connectivity index (χ1n) is 19.5. The number of para-hydroxylation sites is 2. The zero-order chi connectivity index (χ0) is 37.8. The molecule has 0 radical (unpaired) electrons. The summed E-state index contributed by atoms with van der Waals surface area (Å²) >= 11 is 0. The highest BCUT2D eigenvalue weighted by Gasteiger charge is 2.37. The Kier molecular flexibility index (Phi) is 6.65. The number of rotatable bonds is 4. The molecule has 0 N–H and O–H groups in total. The first-order chi connectivity index (χ1) is 28.0. The van der Waals surface area contributed by atoms with Gasteiger partial charge in [-0.1, -0.05) is 141 Å². The number of benzene rings is 8. The van der Waals surface area contributed by atoms with Gasteiger partial charge in [0.05, 0.1) is 0 Å². The van der Waals surface area contributed by atoms with Crippen LogP contribution in [0.2, 0.25) is 0 Å². The van der Waals surface area contributed by atoms with Crippen LogP contribution in [0.15, 0.2) is 179 Å². The largest absolute Gasteiger partial charge is 0.455 e. The Morgan fingerprint density at radius 2 is 1.12 bits per heavy atom. The highest BCUT2D eigenvalue weighted by atomic mass is 16.3. The summed E-state index contributed by atoms with van der Waals surface area (Å²) in [5.41, 5.74) is 16.1. The monoisotopic (exact) mass is 730 g/mol. The van der Waals surface area contributed by atoms with Gasteiger partial charge in [0.25, 0.3) is 0 Å². The molecule has 0 bridgehead atoms. The normalized spacial score (nSPS) is 13.2. The summed E-state index contributed by atoms with van der Waals surface area (Å²) < 4.78 is 13.4. The maximum atomic E-state index is 6.74. The molecule has 12 rings (SSSR count). The molecule has 0 spiro atoms. The lowest BCUT2D eigenvalue weighted by atomic mass is 9.81. The minimum Gasteiger partial charge on any atom is -0.455 e. The minimum atomic E-state index is -0.227. The van der Waals surface area contributed by atoms with Gasteiger partial charge in [-0.3, -0.25) is 0 Å². The molecule has 4 nitrogen and oxygen atoms in total. The van der Waals surface area contributed by atoms with Gasteiger partial charge in [0.1, 0.15) is 28.0 Å². The van der Waals surface area contributed by atoms with Crippen LogP contribution in [-0.2, 0) is 5.41 Å². The lowest BCUT2D eigenvalue weighted by Gasteiger charge is -2.22. The van der Waals surface area contributed by atoms with E-state index in [0.29, 0.717) is 11.4 Å². The van der Waals surface area contributed by atoms with Gasteiger partial charge >= 0.3 is 0 Å². The molecule has 3 heterocycles. The molecule has 0 saturated carbocycles. The van der Waals surface area contributed by atoms with Crippen LogP contribution in [0, 0.1) is 0 Å². The summed E-state index contributed by atoms with van der Waals surface area (Å²) in [6.07, 6.45) is 0. The average Bonchev–Trinajstić information content (AvgIpc) is 3.91. The van der Waals surface area contributed by atoms with Gasteiger partial charge in [-0.05, 0) is 92.2 Å². The molecular weight excluding hydrogens is 697 g/mol. The molecule has 0 fully saturated rings. The molecule has 0 amide bonds. The van der Waals surface area contributed by atoms with Crippen molar-refractivity contribution in [2.24, 2.45) is 0 Å². The molecule has 57 heavy (non-hydrogen) atoms. The number of nitrogens with zero attached hydrogens (tertiary/aromatic N) is 2. The zero-order valence-corrected chi connectivity index (χ0v) is 31.4. The van der Waals surface area contributed by atoms with E-state index in [-0.39, 0.29) is 5.41 Å². The maximum absolute atomic E-state index is 6.74. The van der Waals surface area contributed by atoms with Gasteiger partial charge in [0.15, 0.2) is 11.4 Å². The summed E-state index contributed by atoms with van der Waals surface area (Å²) in [7, 11) is 0. The predicted octanol–water partition coefficient (Wildman–Crippen LogP) is 14.4. The summed E-state index contributed by atoms with van der Waals surface area (Å²) in [4.78, 5) is 10.8. The van der Waals surface area contributed by atoms with Gasteiger partial charge in [-0.25, -0.2) is 9.97 Å². The molecule has 0 saturated heterocycles. The SMILES string of the molecule is CC1(C)c2cc(-c3nc(-c4ccc(-c5ccc6ccccc6c5)c5oc6ccccc6c45)nc4c3oc3ccccc34)ccc2-c2c(-c3ccccc3)cccc21. The van der Waals surface area contributed by atoms with Crippen LogP contribution < -0.4 is 0 Å². The van der Waals surface area contributed by atoms with E-state index >= 15 is 0 Å². The van der Waals surface area contributed by atoms with Crippen LogP contribution in [0.4, 0.5) is 0 Å². The Bertz CT molecular complexity index is 3440. The van der Waals surface area contributed by atoms with Crippen LogP contribution in [0.25, 0.3) is 111 Å². The maximum Gasteiger partial charge on any atom is 0.180 e. The third-order valence-electron chi connectivity index (χ3n) is 12.1. The number of fused-ring (bicyclic) bond motifs is 10. The van der Waals surface area contributed by atoms with E-state index in [9.17, 15) is 0 Å². The van der Waals surface area contributed by atoms with E-state index in [1.54, 1.807) is 0 Å². The predicted molar refractivity (Wildman–Crippen MR) is 233 cm³/mol. The van der Waals surface area contributed by atoms with Crippen molar-refractivity contribution in [1.82, 2.24) is 9.97 Å². The van der Waals surface area contributed by atoms with Gasteiger partial charge in [0.2, 0.25) is 0 Å². The van der Waals surface area contributed by atoms with Crippen molar-refractivity contribution < 1.29 is 8.83 Å². The van der Waals surface area contributed by atoms with E-state index in [0.717, 1.165) is 66.4 Å². The van der Waals surface area contributed by atoms with E-state index < -0.39 is 0 Å². The highest BCUT2D eigenvalue weighted by Crippen LogP contribution is 2.53. The topological polar surface area (TPSA) is 52.1 Å². The highest BCUT2D eigenvalue weighted by molar-refractivity contribution is 6.17. The zero-order valence-electron chi connectivity index (χ0n) is 31.4. The number of furan rings is 2. The van der Waals surface area contributed by atoms with E-state index in [1.165, 1.54) is 44.2 Å². The quantitative estimate of drug-likeness (QED) is 0.181. The van der Waals surface area contributed by atoms with Crippen LogP contribution in [0.3, 0.4) is 0 Å². The fourth-order valence-electron chi connectivity index (χ4n) is 9.30. The summed E-state index contributed by atoms with van der Waals surface area (Å²) in [5, 5.41) is 5.37. The Morgan fingerprint density at radius 3 is 1.98 bits per heavy atom. The molecule has 3 aromatic heterocycles. The molecule has 4 heteroatoms. The Hall–Kier alpha value is -7.30. The third kappa shape index (κ3) is 4.68. The standard InChI is InChI=1S/C53H34N2O2/c1-53(2)42-20-12-19-36(32-14-4-3-5-15-32)46(42)38-26-25-35(30-43(38)53)48-51-49(40-18-9-11-22-45(40)57-51)55-52(54-48)41-28-27-37(34-24-23-31-13-6-7-16-33(31)29-34)50-47(41)39-17-8-10-21-44(39)56-50/h3-30H,1-2H3. The molecule has 1 aliphatic rings. The Labute approximate surface area is 328 Å². The van der Waals surface area contributed by atoms with Crippen LogP contribution in [0.1, 0.15) is 25.0 Å². The van der Waals surface area contributed by atoms with E-state index in [1.807, 2.05) is 30.3 Å². The lowest BCUT2D eigenvalue weighted by Crippen LogP contribution is -2.15. The fourth-order valence-corrected chi connectivity index (χ4v) is 9.30. The van der Waals surface area contributed by atoms with Crippen LogP contribution in [0.5, 0.6) is 0 Å². The molecule has 0 aliphatic heterocycles. The van der Waals surface area contributed by atoms with Gasteiger partial charge in [-0.15, -0.1) is 0 Å². The van der Waals surface area contributed by atoms with Gasteiger partial charge in [0, 0.05) is 38.3 Å². The molecule has 8 aromatic carbocycles. The second kappa shape index (κ2) is 11.8. The average molecular weight is 731 g/mol. The Morgan fingerprint density at radius 1 is 0.439 bits per heavy atom. The van der Waals surface area contributed by atoms with E-state index in [2.05, 4.69) is 153 Å². The van der Waals surface area contributed by atoms with Crippen molar-refractivity contribution in [3.8, 4) is 56.0 Å². The second-order valence-corrected chi connectivity index (χ2v) is 15.7. The second-order valence-electron chi connectivity index (χ2n) is 15.7. The molecule has 268 valence electrons. The van der Waals surface area contributed by atoms with Gasteiger partial charge in [-0.2, -0.15) is 0 Å². The third-order valence-corrected chi connectivity index (χ3v) is 12.1. The van der Waals surface area contributed by atoms with Crippen LogP contribution in [-0.4, -0.2) is 9.97 Å². The fraction of sp³-hybridized carbons (Fsp3) is 0.0566. The first kappa shape index (κ1) is 32.0. The van der Waals surface area contributed by atoms with Crippen molar-refractivity contribution in [1.29, 1.82) is 0 Å². The van der Waals surface area contributed by atoms with Crippen molar-refractivity contribution >= 4 is 54.8 Å². The van der Waals surface area contributed by atoms with Crippen molar-refractivity contribution in [3.63, 3.8) is 0 Å². The summed E-state index contributed by atoms with van der Waals surface area (Å²) in [6.45, 7) is 4.66. The molecule has 0 unspecified atom stereocenters. The van der Waals surface area contributed by atoms with Crippen molar-refractivity contribution in [2.75, 3.05) is 0 Å². The lowest BCUT2D eigenvalue weighted by molar-refractivity contribution is 0.660. The van der Waals surface area contributed by atoms with Crippen molar-refractivity contribution in [3.05, 3.63) is 181 Å². The molecule has 0 atom stereocenters. The van der Waals surface area contributed by atoms with Crippen LogP contribution >= 0.6 is 0 Å². The number of hydrogen-bond acceptors (Lipinski definition) is 4. The van der Waals surface area contributed by atoms with E-state index in [4.69, 9.17) is 18.8 Å². The number of aromatic nitrogens is 2. The van der Waals surface area contributed by atoms with Crippen molar-refractivity contribution in [2.45, 2.75) is 19.3 Å². The summed E-state index contributed by atoms with van der Waals surface area (Å²) in [6, 6.07) is 60.0.